The van der Waals surface area contributed by atoms with Crippen LogP contribution in [0.2, 0.25) is 0 Å². The zero-order chi connectivity index (χ0) is 25.5. The first-order valence-electron chi connectivity index (χ1n) is 12.2. The first kappa shape index (κ1) is 41.1. The summed E-state index contributed by atoms with van der Waals surface area (Å²) in [5, 5.41) is 0. The molecule has 31 heavy (non-hydrogen) atoms. The van der Waals surface area contributed by atoms with E-state index in [9.17, 15) is 0 Å². The van der Waals surface area contributed by atoms with Gasteiger partial charge in [0, 0.05) is 55.4 Å². The molecule has 0 aliphatic rings. The Labute approximate surface area is 197 Å². The molecular weight excluding hydrogens is 392 g/mol. The van der Waals surface area contributed by atoms with E-state index in [4.69, 9.17) is 23.7 Å². The summed E-state index contributed by atoms with van der Waals surface area (Å²) in [5.41, 5.74) is 0. The molecule has 0 aromatic heterocycles. The smallest absolute Gasteiger partial charge is 0.0566 e. The van der Waals surface area contributed by atoms with E-state index in [-0.39, 0.29) is 0 Å². The van der Waals surface area contributed by atoms with Crippen molar-refractivity contribution in [2.75, 3.05) is 55.4 Å². The van der Waals surface area contributed by atoms with E-state index >= 15 is 0 Å². The Bertz CT molecular complexity index is 234. The number of methoxy groups -OCH3 is 5. The van der Waals surface area contributed by atoms with Crippen LogP contribution in [0.1, 0.15) is 94.4 Å². The van der Waals surface area contributed by atoms with Crippen LogP contribution < -0.4 is 0 Å². The van der Waals surface area contributed by atoms with Crippen LogP contribution in [0.5, 0.6) is 0 Å². The minimum absolute atomic E-state index is 0.435. The number of hydrogen-bond acceptors (Lipinski definition) is 5. The van der Waals surface area contributed by atoms with Gasteiger partial charge in [-0.3, -0.25) is 0 Å². The first-order valence-corrected chi connectivity index (χ1v) is 12.2. The summed E-state index contributed by atoms with van der Waals surface area (Å²) >= 11 is 0. The maximum absolute atomic E-state index is 5.05. The quantitative estimate of drug-likeness (QED) is 0.310. The van der Waals surface area contributed by atoms with E-state index in [1.54, 1.807) is 35.5 Å². The molecule has 196 valence electrons. The second-order valence-electron chi connectivity index (χ2n) is 7.94. The topological polar surface area (TPSA) is 46.2 Å². The van der Waals surface area contributed by atoms with E-state index in [0.29, 0.717) is 18.1 Å². The SMILES string of the molecule is CCC(C)COC.CCC(C)OC.CCC(CC)OC.CCCOC.COCC(C)C. The summed E-state index contributed by atoms with van der Waals surface area (Å²) < 4.78 is 24.3. The van der Waals surface area contributed by atoms with Crippen molar-refractivity contribution in [1.29, 1.82) is 0 Å². The van der Waals surface area contributed by atoms with E-state index in [0.717, 1.165) is 51.4 Å². The van der Waals surface area contributed by atoms with Crippen LogP contribution in [0.15, 0.2) is 0 Å². The van der Waals surface area contributed by atoms with Gasteiger partial charge in [-0.05, 0) is 44.4 Å². The Morgan fingerprint density at radius 2 is 1.03 bits per heavy atom. The highest BCUT2D eigenvalue weighted by Crippen LogP contribution is 1.99. The van der Waals surface area contributed by atoms with Crippen molar-refractivity contribution in [3.8, 4) is 0 Å². The third-order valence-electron chi connectivity index (χ3n) is 4.28. The van der Waals surface area contributed by atoms with Gasteiger partial charge in [0.15, 0.2) is 0 Å². The molecule has 0 spiro atoms. The average molecular weight is 455 g/mol. The highest BCUT2D eigenvalue weighted by atomic mass is 16.5. The monoisotopic (exact) mass is 454 g/mol. The second kappa shape index (κ2) is 40.2. The summed E-state index contributed by atoms with van der Waals surface area (Å²) in [6, 6.07) is 0. The Kier molecular flexibility index (Phi) is 53.3. The number of hydrogen-bond donors (Lipinski definition) is 0. The van der Waals surface area contributed by atoms with Gasteiger partial charge in [-0.2, -0.15) is 0 Å². The zero-order valence-electron chi connectivity index (χ0n) is 24.0. The van der Waals surface area contributed by atoms with Gasteiger partial charge in [0.05, 0.1) is 12.2 Å². The standard InChI is InChI=1S/2C6H14O.2C5H12O.C4H10O/c1-4-6(2)5-7-3;1-4-6(5-2)7-3;1-5(2)4-6-3;1-4-5(2)6-3;1-3-4-5-2/h2*6H,4-5H2,1-3H3;2*5H,4H2,1-3H3;3-4H2,1-2H3. The molecular formula is C26H62O5. The van der Waals surface area contributed by atoms with Crippen molar-refractivity contribution >= 4 is 0 Å². The van der Waals surface area contributed by atoms with Crippen LogP contribution in [-0.2, 0) is 23.7 Å². The molecule has 0 amide bonds. The molecule has 5 nitrogen and oxygen atoms in total. The Hall–Kier alpha value is -0.200. The molecule has 0 saturated carbocycles. The predicted molar refractivity (Wildman–Crippen MR) is 138 cm³/mol. The van der Waals surface area contributed by atoms with Gasteiger partial charge in [0.1, 0.15) is 0 Å². The molecule has 2 unspecified atom stereocenters. The third-order valence-corrected chi connectivity index (χ3v) is 4.28. The van der Waals surface area contributed by atoms with Gasteiger partial charge in [-0.15, -0.1) is 0 Å². The van der Waals surface area contributed by atoms with Crippen LogP contribution in [0.3, 0.4) is 0 Å². The van der Waals surface area contributed by atoms with Crippen LogP contribution >= 0.6 is 0 Å². The summed E-state index contributed by atoms with van der Waals surface area (Å²) in [7, 11) is 8.67. The number of ether oxygens (including phenoxy) is 5. The van der Waals surface area contributed by atoms with Crippen LogP contribution in [-0.4, -0.2) is 67.6 Å². The van der Waals surface area contributed by atoms with E-state index < -0.39 is 0 Å². The van der Waals surface area contributed by atoms with Gasteiger partial charge in [-0.1, -0.05) is 61.8 Å². The lowest BCUT2D eigenvalue weighted by Crippen LogP contribution is -2.05. The Balaban J connectivity index is -0.0000000913. The summed E-state index contributed by atoms with van der Waals surface area (Å²) in [5.74, 6) is 1.40. The maximum Gasteiger partial charge on any atom is 0.0566 e. The first-order chi connectivity index (χ1) is 14.6. The molecule has 0 aliphatic carbocycles. The fraction of sp³-hybridized carbons (Fsp3) is 1.00. The molecule has 0 aliphatic heterocycles. The van der Waals surface area contributed by atoms with Crippen LogP contribution in [0.25, 0.3) is 0 Å². The molecule has 0 bridgehead atoms. The van der Waals surface area contributed by atoms with Crippen molar-refractivity contribution in [3.05, 3.63) is 0 Å². The highest BCUT2D eigenvalue weighted by Gasteiger charge is 1.96. The van der Waals surface area contributed by atoms with Gasteiger partial charge in [0.25, 0.3) is 0 Å². The van der Waals surface area contributed by atoms with Gasteiger partial charge in [-0.25, -0.2) is 0 Å². The lowest BCUT2D eigenvalue weighted by atomic mass is 10.1. The molecule has 0 fully saturated rings. The fourth-order valence-electron chi connectivity index (χ4n) is 1.73. The lowest BCUT2D eigenvalue weighted by Gasteiger charge is -2.07. The largest absolute Gasteiger partial charge is 0.385 e. The maximum atomic E-state index is 5.05. The van der Waals surface area contributed by atoms with Crippen molar-refractivity contribution in [1.82, 2.24) is 0 Å². The molecule has 0 heterocycles. The summed E-state index contributed by atoms with van der Waals surface area (Å²) in [6.45, 7) is 21.8. The molecule has 0 aromatic carbocycles. The van der Waals surface area contributed by atoms with E-state index in [1.807, 2.05) is 0 Å². The minimum Gasteiger partial charge on any atom is -0.385 e. The Morgan fingerprint density at radius 3 is 1.06 bits per heavy atom. The predicted octanol–water partition coefficient (Wildman–Crippen LogP) is 7.26. The highest BCUT2D eigenvalue weighted by molar-refractivity contribution is 4.47. The molecule has 0 radical (unpaired) electrons. The number of rotatable bonds is 12. The zero-order valence-corrected chi connectivity index (χ0v) is 24.0. The van der Waals surface area contributed by atoms with Gasteiger partial charge >= 0.3 is 0 Å². The van der Waals surface area contributed by atoms with Crippen molar-refractivity contribution in [3.63, 3.8) is 0 Å². The lowest BCUT2D eigenvalue weighted by molar-refractivity contribution is 0.0964. The van der Waals surface area contributed by atoms with Crippen LogP contribution in [0.4, 0.5) is 0 Å². The normalized spacial score (nSPS) is 11.6. The van der Waals surface area contributed by atoms with E-state index in [2.05, 4.69) is 62.3 Å². The molecule has 0 aromatic rings. The molecule has 0 saturated heterocycles. The van der Waals surface area contributed by atoms with Crippen molar-refractivity contribution in [2.24, 2.45) is 11.8 Å². The minimum atomic E-state index is 0.435. The Morgan fingerprint density at radius 1 is 0.548 bits per heavy atom. The van der Waals surface area contributed by atoms with Crippen molar-refractivity contribution < 1.29 is 23.7 Å². The van der Waals surface area contributed by atoms with Gasteiger partial charge in [0.2, 0.25) is 0 Å². The average Bonchev–Trinajstić information content (AvgIpc) is 2.76. The van der Waals surface area contributed by atoms with E-state index in [1.165, 1.54) is 6.42 Å². The van der Waals surface area contributed by atoms with Crippen molar-refractivity contribution in [2.45, 2.75) is 107 Å². The molecule has 0 rings (SSSR count). The summed E-state index contributed by atoms with van der Waals surface area (Å²) in [6.07, 6.45) is 6.63. The van der Waals surface area contributed by atoms with Crippen LogP contribution in [0, 0.1) is 11.8 Å². The molecule has 2 atom stereocenters. The fourth-order valence-corrected chi connectivity index (χ4v) is 1.73. The third kappa shape index (κ3) is 58.7. The molecule has 5 heteroatoms. The molecule has 0 N–H and O–H groups in total. The summed E-state index contributed by atoms with van der Waals surface area (Å²) in [4.78, 5) is 0. The van der Waals surface area contributed by atoms with Gasteiger partial charge < -0.3 is 23.7 Å². The second-order valence-corrected chi connectivity index (χ2v) is 7.94.